The fraction of sp³-hybridized carbons (Fsp3) is 0.545. The summed E-state index contributed by atoms with van der Waals surface area (Å²) in [6, 6.07) is 6.91. The van der Waals surface area contributed by atoms with Crippen molar-refractivity contribution in [2.45, 2.75) is 64.5 Å². The van der Waals surface area contributed by atoms with Gasteiger partial charge in [0.15, 0.2) is 11.5 Å². The highest BCUT2D eigenvalue weighted by molar-refractivity contribution is 6.09. The Morgan fingerprint density at radius 3 is 2.52 bits per heavy atom. The number of carbonyl (C=O) groups is 2. The second-order valence-corrected chi connectivity index (χ2v) is 7.93. The summed E-state index contributed by atoms with van der Waals surface area (Å²) in [4.78, 5) is 27.7. The third kappa shape index (κ3) is 3.73. The number of para-hydroxylation sites is 1. The van der Waals surface area contributed by atoms with Crippen molar-refractivity contribution in [3.8, 4) is 5.75 Å². The minimum Gasteiger partial charge on any atom is -0.503 e. The molecule has 1 fully saturated rings. The molecule has 146 valence electrons. The number of Topliss-reactive ketones (excluding diaryl/α,β-unsaturated/α-hetero) is 1. The molecule has 5 nitrogen and oxygen atoms in total. The number of benzene rings is 1. The summed E-state index contributed by atoms with van der Waals surface area (Å²) in [5, 5.41) is 10.7. The van der Waals surface area contributed by atoms with Gasteiger partial charge in [0.2, 0.25) is 0 Å². The Morgan fingerprint density at radius 1 is 1.22 bits per heavy atom. The number of amides is 1. The highest BCUT2D eigenvalue weighted by Gasteiger charge is 2.47. The molecule has 0 bridgehead atoms. The molecule has 1 amide bonds. The fourth-order valence-electron chi connectivity index (χ4n) is 4.32. The lowest BCUT2D eigenvalue weighted by atomic mass is 9.88. The highest BCUT2D eigenvalue weighted by Crippen LogP contribution is 2.45. The zero-order valence-electron chi connectivity index (χ0n) is 16.4. The highest BCUT2D eigenvalue weighted by atomic mass is 16.5. The average molecular weight is 371 g/mol. The average Bonchev–Trinajstić information content (AvgIpc) is 2.93. The van der Waals surface area contributed by atoms with E-state index in [9.17, 15) is 14.7 Å². The molecule has 0 radical (unpaired) electrons. The number of hydrogen-bond acceptors (Lipinski definition) is 4. The van der Waals surface area contributed by atoms with Crippen LogP contribution in [0, 0.1) is 5.92 Å². The Bertz CT molecular complexity index is 746. The number of aliphatic hydroxyl groups is 1. The molecule has 1 aromatic rings. The third-order valence-corrected chi connectivity index (χ3v) is 5.54. The number of methoxy groups -OCH3 is 1. The van der Waals surface area contributed by atoms with E-state index in [1.165, 1.54) is 0 Å². The van der Waals surface area contributed by atoms with Crippen LogP contribution < -0.4 is 4.74 Å². The Hall–Kier alpha value is -2.30. The molecule has 1 atom stereocenters. The number of aliphatic hydroxyl groups excluding tert-OH is 1. The van der Waals surface area contributed by atoms with E-state index in [-0.39, 0.29) is 29.1 Å². The number of ketones is 1. The molecule has 0 aromatic heterocycles. The number of hydrogen-bond donors (Lipinski definition) is 1. The molecule has 1 saturated carbocycles. The van der Waals surface area contributed by atoms with Crippen molar-refractivity contribution in [3.05, 3.63) is 41.2 Å². The van der Waals surface area contributed by atoms with Crippen LogP contribution in [0.3, 0.4) is 0 Å². The van der Waals surface area contributed by atoms with E-state index in [2.05, 4.69) is 0 Å². The van der Waals surface area contributed by atoms with Crippen LogP contribution in [0.5, 0.6) is 5.75 Å². The van der Waals surface area contributed by atoms with Crippen LogP contribution in [-0.4, -0.2) is 34.8 Å². The summed E-state index contributed by atoms with van der Waals surface area (Å²) in [7, 11) is 1.58. The quantitative estimate of drug-likeness (QED) is 0.808. The van der Waals surface area contributed by atoms with Gasteiger partial charge in [0, 0.05) is 18.0 Å². The van der Waals surface area contributed by atoms with E-state index in [1.54, 1.807) is 12.0 Å². The van der Waals surface area contributed by atoms with Crippen LogP contribution in [0.25, 0.3) is 0 Å². The molecule has 0 spiro atoms. The van der Waals surface area contributed by atoms with E-state index >= 15 is 0 Å². The third-order valence-electron chi connectivity index (χ3n) is 5.54. The van der Waals surface area contributed by atoms with Gasteiger partial charge in [-0.25, -0.2) is 0 Å². The molecule has 1 aliphatic heterocycles. The zero-order valence-corrected chi connectivity index (χ0v) is 16.4. The van der Waals surface area contributed by atoms with E-state index in [0.29, 0.717) is 12.2 Å². The molecule has 1 heterocycles. The van der Waals surface area contributed by atoms with Crippen molar-refractivity contribution in [1.29, 1.82) is 0 Å². The summed E-state index contributed by atoms with van der Waals surface area (Å²) >= 11 is 0. The van der Waals surface area contributed by atoms with Crippen molar-refractivity contribution in [1.82, 2.24) is 4.90 Å². The second kappa shape index (κ2) is 8.15. The van der Waals surface area contributed by atoms with Crippen LogP contribution in [0.4, 0.5) is 0 Å². The monoisotopic (exact) mass is 371 g/mol. The SMILES string of the molecule is COc1ccccc1C1C(C(=O)CC(C)C)=C(O)C(=O)N1C1CCCCC1. The maximum atomic E-state index is 13.0. The first-order chi connectivity index (χ1) is 13.0. The van der Waals surface area contributed by atoms with Crippen molar-refractivity contribution in [2.75, 3.05) is 7.11 Å². The molecule has 1 aliphatic carbocycles. The van der Waals surface area contributed by atoms with E-state index < -0.39 is 11.9 Å². The number of ether oxygens (including phenoxy) is 1. The smallest absolute Gasteiger partial charge is 0.290 e. The molecule has 0 saturated heterocycles. The maximum absolute atomic E-state index is 13.0. The van der Waals surface area contributed by atoms with Crippen molar-refractivity contribution in [2.24, 2.45) is 5.92 Å². The topological polar surface area (TPSA) is 66.8 Å². The molecule has 1 aromatic carbocycles. The van der Waals surface area contributed by atoms with E-state index in [4.69, 9.17) is 4.74 Å². The summed E-state index contributed by atoms with van der Waals surface area (Å²) in [6.45, 7) is 3.92. The van der Waals surface area contributed by atoms with Gasteiger partial charge in [0.05, 0.1) is 18.7 Å². The minimum absolute atomic E-state index is 0.0349. The van der Waals surface area contributed by atoms with Crippen LogP contribution in [0.2, 0.25) is 0 Å². The number of rotatable bonds is 6. The largest absolute Gasteiger partial charge is 0.503 e. The van der Waals surface area contributed by atoms with Gasteiger partial charge in [-0.1, -0.05) is 51.3 Å². The van der Waals surface area contributed by atoms with Gasteiger partial charge in [-0.05, 0) is 24.8 Å². The van der Waals surface area contributed by atoms with Crippen LogP contribution in [0.15, 0.2) is 35.6 Å². The second-order valence-electron chi connectivity index (χ2n) is 7.93. The van der Waals surface area contributed by atoms with E-state index in [1.807, 2.05) is 38.1 Å². The molecule has 1 unspecified atom stereocenters. The molecule has 5 heteroatoms. The molecular weight excluding hydrogens is 342 g/mol. The molecule has 1 N–H and O–H groups in total. The van der Waals surface area contributed by atoms with Crippen molar-refractivity contribution in [3.63, 3.8) is 0 Å². The minimum atomic E-state index is -0.581. The van der Waals surface area contributed by atoms with Crippen molar-refractivity contribution >= 4 is 11.7 Å². The molecular formula is C22H29NO4. The van der Waals surface area contributed by atoms with Gasteiger partial charge in [-0.15, -0.1) is 0 Å². The van der Waals surface area contributed by atoms with Gasteiger partial charge < -0.3 is 14.7 Å². The lowest BCUT2D eigenvalue weighted by molar-refractivity contribution is -0.132. The first-order valence-corrected chi connectivity index (χ1v) is 9.87. The summed E-state index contributed by atoms with van der Waals surface area (Å²) in [5.41, 5.74) is 0.985. The van der Waals surface area contributed by atoms with Gasteiger partial charge in [-0.3, -0.25) is 9.59 Å². The lowest BCUT2D eigenvalue weighted by Gasteiger charge is -2.37. The molecule has 3 rings (SSSR count). The predicted molar refractivity (Wildman–Crippen MR) is 104 cm³/mol. The first kappa shape index (κ1) is 19.5. The van der Waals surface area contributed by atoms with Gasteiger partial charge >= 0.3 is 0 Å². The van der Waals surface area contributed by atoms with Gasteiger partial charge in [0.25, 0.3) is 5.91 Å². The van der Waals surface area contributed by atoms with Crippen LogP contribution in [-0.2, 0) is 9.59 Å². The lowest BCUT2D eigenvalue weighted by Crippen LogP contribution is -2.41. The van der Waals surface area contributed by atoms with Gasteiger partial charge in [0.1, 0.15) is 5.75 Å². The fourth-order valence-corrected chi connectivity index (χ4v) is 4.32. The summed E-state index contributed by atoms with van der Waals surface area (Å²) < 4.78 is 5.52. The van der Waals surface area contributed by atoms with Crippen LogP contribution in [0.1, 0.15) is 64.0 Å². The standard InChI is InChI=1S/C22H29NO4/c1-14(2)13-17(24)19-20(16-11-7-8-12-18(16)27-3)23(22(26)21(19)25)15-9-5-4-6-10-15/h7-8,11-12,14-15,20,25H,4-6,9-10,13H2,1-3H3. The summed E-state index contributed by atoms with van der Waals surface area (Å²) in [5.74, 6) is -0.201. The Balaban J connectivity index is 2.09. The number of nitrogens with zero attached hydrogens (tertiary/aromatic N) is 1. The Morgan fingerprint density at radius 2 is 1.89 bits per heavy atom. The maximum Gasteiger partial charge on any atom is 0.290 e. The van der Waals surface area contributed by atoms with Gasteiger partial charge in [-0.2, -0.15) is 0 Å². The normalized spacial score (nSPS) is 21.3. The predicted octanol–water partition coefficient (Wildman–Crippen LogP) is 4.34. The zero-order chi connectivity index (χ0) is 19.6. The van der Waals surface area contributed by atoms with Crippen LogP contribution >= 0.6 is 0 Å². The molecule has 27 heavy (non-hydrogen) atoms. The summed E-state index contributed by atoms with van der Waals surface area (Å²) in [6.07, 6.45) is 5.38. The van der Waals surface area contributed by atoms with Crippen molar-refractivity contribution < 1.29 is 19.4 Å². The first-order valence-electron chi connectivity index (χ1n) is 9.87. The Labute approximate surface area is 161 Å². The number of carbonyl (C=O) groups excluding carboxylic acids is 2. The molecule has 2 aliphatic rings. The Kier molecular flexibility index (Phi) is 5.88. The van der Waals surface area contributed by atoms with E-state index in [0.717, 1.165) is 37.7 Å².